The fraction of sp³-hybridized carbons (Fsp3) is 0.200. The van der Waals surface area contributed by atoms with Crippen LogP contribution in [0.2, 0.25) is 0 Å². The molecule has 4 heteroatoms. The molecule has 1 heterocycles. The van der Waals surface area contributed by atoms with Gasteiger partial charge in [0.2, 0.25) is 0 Å². The predicted molar refractivity (Wildman–Crippen MR) is 50.4 cm³/mol. The van der Waals surface area contributed by atoms with Crippen molar-refractivity contribution in [2.75, 3.05) is 0 Å². The molecule has 0 aliphatic carbocycles. The Balaban J connectivity index is 2.77. The molecule has 0 saturated carbocycles. The molecular weight excluding hydrogens is 209 g/mol. The average molecular weight is 215 g/mol. The molecule has 2 rings (SSSR count). The maximum atomic E-state index is 12.5. The second-order valence-corrected chi connectivity index (χ2v) is 4.19. The van der Waals surface area contributed by atoms with E-state index in [9.17, 15) is 13.2 Å². The standard InChI is InChI=1S/C10H6F3S/c1-6-5-7-3-2-4-8(9(7)14-6)10(11,12)13/h2-4H,1H3. The van der Waals surface area contributed by atoms with Gasteiger partial charge in [-0.15, -0.1) is 11.3 Å². The lowest BCUT2D eigenvalue weighted by Crippen LogP contribution is -2.04. The quantitative estimate of drug-likeness (QED) is 0.622. The highest BCUT2D eigenvalue weighted by Crippen LogP contribution is 2.37. The molecule has 14 heavy (non-hydrogen) atoms. The van der Waals surface area contributed by atoms with Crippen molar-refractivity contribution < 1.29 is 13.2 Å². The first kappa shape index (κ1) is 9.52. The van der Waals surface area contributed by atoms with Crippen molar-refractivity contribution in [3.05, 3.63) is 34.7 Å². The summed E-state index contributed by atoms with van der Waals surface area (Å²) in [4.78, 5) is 0.775. The summed E-state index contributed by atoms with van der Waals surface area (Å²) < 4.78 is 37.8. The lowest BCUT2D eigenvalue weighted by Gasteiger charge is -2.06. The van der Waals surface area contributed by atoms with Gasteiger partial charge in [0.05, 0.1) is 5.56 Å². The van der Waals surface area contributed by atoms with Crippen LogP contribution in [0.25, 0.3) is 10.1 Å². The summed E-state index contributed by atoms with van der Waals surface area (Å²) in [6, 6.07) is 7.05. The van der Waals surface area contributed by atoms with E-state index in [1.807, 2.05) is 0 Å². The van der Waals surface area contributed by atoms with Gasteiger partial charge in [-0.25, -0.2) is 0 Å². The van der Waals surface area contributed by atoms with E-state index in [4.69, 9.17) is 0 Å². The normalized spacial score (nSPS) is 12.3. The van der Waals surface area contributed by atoms with E-state index in [1.165, 1.54) is 6.07 Å². The van der Waals surface area contributed by atoms with Crippen LogP contribution in [0.4, 0.5) is 13.2 Å². The Bertz CT molecular complexity index is 468. The van der Waals surface area contributed by atoms with Gasteiger partial charge < -0.3 is 0 Å². The molecular formula is C10H6F3S. The van der Waals surface area contributed by atoms with Crippen LogP contribution in [0.3, 0.4) is 0 Å². The number of halogens is 3. The Morgan fingerprint density at radius 3 is 2.64 bits per heavy atom. The van der Waals surface area contributed by atoms with Gasteiger partial charge in [0, 0.05) is 21.0 Å². The number of hydrogen-bond acceptors (Lipinski definition) is 1. The molecule has 0 saturated heterocycles. The molecule has 0 bridgehead atoms. The summed E-state index contributed by atoms with van der Waals surface area (Å²) in [7, 11) is 0. The molecule has 2 aromatic rings. The lowest BCUT2D eigenvalue weighted by molar-refractivity contribution is -0.136. The molecule has 0 aliphatic heterocycles. The fourth-order valence-corrected chi connectivity index (χ4v) is 2.33. The number of thiophene rings is 1. The third-order valence-corrected chi connectivity index (χ3v) is 2.94. The first-order chi connectivity index (χ1) is 6.48. The number of rotatable bonds is 0. The number of fused-ring (bicyclic) bond motifs is 1. The highest BCUT2D eigenvalue weighted by Gasteiger charge is 2.32. The molecule has 0 aliphatic rings. The molecule has 0 nitrogen and oxygen atoms in total. The van der Waals surface area contributed by atoms with Crippen LogP contribution in [-0.2, 0) is 6.18 Å². The van der Waals surface area contributed by atoms with Crippen LogP contribution in [0.5, 0.6) is 0 Å². The van der Waals surface area contributed by atoms with E-state index < -0.39 is 11.7 Å². The van der Waals surface area contributed by atoms with Crippen LogP contribution < -0.4 is 0 Å². The summed E-state index contributed by atoms with van der Waals surface area (Å²) >= 11 is 1.13. The Hall–Kier alpha value is -1.03. The second kappa shape index (κ2) is 2.98. The SMILES string of the molecule is Cc1[c]c2cccc(C(F)(F)F)c2s1. The molecule has 0 amide bonds. The predicted octanol–water partition coefficient (Wildman–Crippen LogP) is 4.03. The van der Waals surface area contributed by atoms with Crippen molar-refractivity contribution >= 4 is 21.4 Å². The van der Waals surface area contributed by atoms with E-state index in [2.05, 4.69) is 6.07 Å². The van der Waals surface area contributed by atoms with Gasteiger partial charge in [-0.2, -0.15) is 13.2 Å². The van der Waals surface area contributed by atoms with Crippen LogP contribution in [0, 0.1) is 13.0 Å². The molecule has 0 N–H and O–H groups in total. The van der Waals surface area contributed by atoms with Gasteiger partial charge in [-0.1, -0.05) is 12.1 Å². The van der Waals surface area contributed by atoms with Gasteiger partial charge in [0.15, 0.2) is 0 Å². The fourth-order valence-electron chi connectivity index (χ4n) is 1.34. The van der Waals surface area contributed by atoms with Crippen molar-refractivity contribution in [3.8, 4) is 0 Å². The number of alkyl halides is 3. The topological polar surface area (TPSA) is 0 Å². The van der Waals surface area contributed by atoms with Crippen molar-refractivity contribution in [2.45, 2.75) is 13.1 Å². The molecule has 1 aromatic carbocycles. The monoisotopic (exact) mass is 215 g/mol. The van der Waals surface area contributed by atoms with Crippen LogP contribution >= 0.6 is 11.3 Å². The minimum absolute atomic E-state index is 0.275. The van der Waals surface area contributed by atoms with E-state index in [1.54, 1.807) is 13.0 Å². The molecule has 1 radical (unpaired) electrons. The zero-order valence-electron chi connectivity index (χ0n) is 7.27. The van der Waals surface area contributed by atoms with Gasteiger partial charge in [-0.05, 0) is 13.0 Å². The Morgan fingerprint density at radius 2 is 2.00 bits per heavy atom. The first-order valence-electron chi connectivity index (χ1n) is 3.97. The highest BCUT2D eigenvalue weighted by atomic mass is 32.1. The number of hydrogen-bond donors (Lipinski definition) is 0. The number of benzene rings is 1. The van der Waals surface area contributed by atoms with Gasteiger partial charge in [0.1, 0.15) is 0 Å². The van der Waals surface area contributed by atoms with Crippen LogP contribution in [0.1, 0.15) is 10.4 Å². The van der Waals surface area contributed by atoms with Crippen LogP contribution in [-0.4, -0.2) is 0 Å². The largest absolute Gasteiger partial charge is 0.417 e. The lowest BCUT2D eigenvalue weighted by atomic mass is 10.1. The first-order valence-corrected chi connectivity index (χ1v) is 4.79. The van der Waals surface area contributed by atoms with Gasteiger partial charge >= 0.3 is 6.18 Å². The van der Waals surface area contributed by atoms with Gasteiger partial charge in [0.25, 0.3) is 0 Å². The second-order valence-electron chi connectivity index (χ2n) is 2.96. The minimum Gasteiger partial charge on any atom is -0.166 e. The molecule has 0 spiro atoms. The van der Waals surface area contributed by atoms with E-state index in [0.29, 0.717) is 5.39 Å². The minimum atomic E-state index is -4.27. The van der Waals surface area contributed by atoms with Crippen molar-refractivity contribution in [3.63, 3.8) is 0 Å². The zero-order chi connectivity index (χ0) is 10.3. The highest BCUT2D eigenvalue weighted by molar-refractivity contribution is 7.19. The zero-order valence-corrected chi connectivity index (χ0v) is 8.09. The molecule has 0 atom stereocenters. The van der Waals surface area contributed by atoms with Crippen LogP contribution in [0.15, 0.2) is 18.2 Å². The van der Waals surface area contributed by atoms with Crippen molar-refractivity contribution in [1.29, 1.82) is 0 Å². The van der Waals surface area contributed by atoms with E-state index >= 15 is 0 Å². The Morgan fingerprint density at radius 1 is 1.29 bits per heavy atom. The number of aryl methyl sites for hydroxylation is 1. The maximum absolute atomic E-state index is 12.5. The molecule has 1 aromatic heterocycles. The van der Waals surface area contributed by atoms with Crippen molar-refractivity contribution in [1.82, 2.24) is 0 Å². The maximum Gasteiger partial charge on any atom is 0.417 e. The third kappa shape index (κ3) is 1.50. The summed E-state index contributed by atoms with van der Waals surface area (Å²) in [5.74, 6) is 0. The molecule has 0 unspecified atom stereocenters. The Labute approximate surface area is 83.0 Å². The molecule has 0 fully saturated rings. The summed E-state index contributed by atoms with van der Waals surface area (Å²) in [5.41, 5.74) is -0.565. The average Bonchev–Trinajstić information content (AvgIpc) is 2.41. The Kier molecular flexibility index (Phi) is 2.03. The molecule has 73 valence electrons. The van der Waals surface area contributed by atoms with E-state index in [0.717, 1.165) is 22.3 Å². The summed E-state index contributed by atoms with van der Waals surface area (Å²) in [6.45, 7) is 1.75. The van der Waals surface area contributed by atoms with Crippen molar-refractivity contribution in [2.24, 2.45) is 0 Å². The van der Waals surface area contributed by atoms with E-state index in [-0.39, 0.29) is 4.70 Å². The summed E-state index contributed by atoms with van der Waals surface area (Å²) in [6.07, 6.45) is -4.27. The third-order valence-electron chi connectivity index (χ3n) is 1.89. The van der Waals surface area contributed by atoms with Gasteiger partial charge in [-0.3, -0.25) is 0 Å². The smallest absolute Gasteiger partial charge is 0.166 e. The summed E-state index contributed by atoms with van der Waals surface area (Å²) in [5, 5.41) is 0.544.